The van der Waals surface area contributed by atoms with Crippen LogP contribution >= 0.6 is 0 Å². The Kier molecular flexibility index (Phi) is 3.69. The van der Waals surface area contributed by atoms with Gasteiger partial charge >= 0.3 is 0 Å². The summed E-state index contributed by atoms with van der Waals surface area (Å²) < 4.78 is 0. The molecule has 1 fully saturated rings. The molecule has 0 aliphatic heterocycles. The summed E-state index contributed by atoms with van der Waals surface area (Å²) in [6.07, 6.45) is 4.16. The van der Waals surface area contributed by atoms with Gasteiger partial charge < -0.3 is 0 Å². The quantitative estimate of drug-likeness (QED) is 0.690. The summed E-state index contributed by atoms with van der Waals surface area (Å²) in [6.45, 7) is 15.0. The van der Waals surface area contributed by atoms with E-state index in [1.807, 2.05) is 24.3 Å². The van der Waals surface area contributed by atoms with Gasteiger partial charge in [0.15, 0.2) is 0 Å². The SMILES string of the molecule is [C-]#[N+]C(C#N)=c1c2c(c(=C(C#N)[N+]#[C-])c3ccccc13)C1CCC2CC1. The van der Waals surface area contributed by atoms with Gasteiger partial charge in [-0.25, -0.2) is 20.2 Å². The van der Waals surface area contributed by atoms with E-state index in [0.717, 1.165) is 58.0 Å². The van der Waals surface area contributed by atoms with E-state index in [-0.39, 0.29) is 11.4 Å². The number of rotatable bonds is 0. The van der Waals surface area contributed by atoms with Gasteiger partial charge in [-0.1, -0.05) is 24.3 Å². The predicted octanol–water partition coefficient (Wildman–Crippen LogP) is 3.70. The third-order valence-corrected chi connectivity index (χ3v) is 5.75. The van der Waals surface area contributed by atoms with Crippen molar-refractivity contribution in [3.8, 4) is 12.1 Å². The normalized spacial score (nSPS) is 22.3. The molecule has 1 saturated carbocycles. The van der Waals surface area contributed by atoms with Crippen LogP contribution in [-0.4, -0.2) is 0 Å². The average molecular weight is 334 g/mol. The number of fused-ring (bicyclic) bond motifs is 3. The van der Waals surface area contributed by atoms with Gasteiger partial charge in [0.2, 0.25) is 0 Å². The third kappa shape index (κ3) is 2.04. The highest BCUT2D eigenvalue weighted by molar-refractivity contribution is 5.93. The first-order chi connectivity index (χ1) is 12.7. The molecule has 26 heavy (non-hydrogen) atoms. The highest BCUT2D eigenvalue weighted by Crippen LogP contribution is 2.47. The molecular weight excluding hydrogens is 320 g/mol. The molecule has 0 saturated heterocycles. The van der Waals surface area contributed by atoms with Gasteiger partial charge in [-0.05, 0) is 59.4 Å². The van der Waals surface area contributed by atoms with Gasteiger partial charge in [-0.2, -0.15) is 0 Å². The average Bonchev–Trinajstić information content (AvgIpc) is 2.71. The van der Waals surface area contributed by atoms with Crippen LogP contribution in [0.4, 0.5) is 0 Å². The maximum atomic E-state index is 9.57. The zero-order valence-electron chi connectivity index (χ0n) is 14.1. The Bertz CT molecular complexity index is 1100. The second-order valence-electron chi connectivity index (χ2n) is 6.82. The first-order valence-corrected chi connectivity index (χ1v) is 8.63. The van der Waals surface area contributed by atoms with Crippen molar-refractivity contribution < 1.29 is 0 Å². The van der Waals surface area contributed by atoms with Crippen molar-refractivity contribution in [1.29, 1.82) is 10.5 Å². The van der Waals surface area contributed by atoms with Crippen LogP contribution < -0.4 is 10.4 Å². The minimum Gasteiger partial charge on any atom is -0.226 e. The highest BCUT2D eigenvalue weighted by atomic mass is 14.7. The van der Waals surface area contributed by atoms with Crippen LogP contribution in [0.5, 0.6) is 0 Å². The number of nitrogens with zero attached hydrogens (tertiary/aromatic N) is 4. The Morgan fingerprint density at radius 3 is 1.50 bits per heavy atom. The Morgan fingerprint density at radius 1 is 0.808 bits per heavy atom. The second kappa shape index (κ2) is 6.04. The summed E-state index contributed by atoms with van der Waals surface area (Å²) in [6, 6.07) is 11.7. The van der Waals surface area contributed by atoms with E-state index in [9.17, 15) is 10.5 Å². The van der Waals surface area contributed by atoms with Gasteiger partial charge in [-0.3, -0.25) is 0 Å². The summed E-state index contributed by atoms with van der Waals surface area (Å²) in [5, 5.41) is 22.2. The summed E-state index contributed by atoms with van der Waals surface area (Å²) >= 11 is 0. The van der Waals surface area contributed by atoms with Crippen LogP contribution in [0.3, 0.4) is 0 Å². The lowest BCUT2D eigenvalue weighted by Gasteiger charge is -2.40. The van der Waals surface area contributed by atoms with Crippen molar-refractivity contribution in [1.82, 2.24) is 0 Å². The largest absolute Gasteiger partial charge is 0.269 e. The number of hydrogen-bond donors (Lipinski definition) is 0. The number of hydrogen-bond acceptors (Lipinski definition) is 2. The van der Waals surface area contributed by atoms with Gasteiger partial charge in [0.05, 0.1) is 25.3 Å². The number of benzene rings is 2. The van der Waals surface area contributed by atoms with Crippen LogP contribution in [0.1, 0.15) is 48.6 Å². The Hall–Kier alpha value is -3.60. The molecular formula is C22H14N4. The lowest BCUT2D eigenvalue weighted by Crippen LogP contribution is -2.36. The third-order valence-electron chi connectivity index (χ3n) is 5.75. The fourth-order valence-corrected chi connectivity index (χ4v) is 4.78. The molecule has 2 aromatic carbocycles. The van der Waals surface area contributed by atoms with Crippen molar-refractivity contribution in [3.63, 3.8) is 0 Å². The monoisotopic (exact) mass is 334 g/mol. The predicted molar refractivity (Wildman–Crippen MR) is 98.4 cm³/mol. The smallest absolute Gasteiger partial charge is 0.226 e. The molecule has 0 amide bonds. The molecule has 4 heteroatoms. The molecule has 0 atom stereocenters. The number of nitriles is 2. The van der Waals surface area contributed by atoms with E-state index in [2.05, 4.69) is 21.8 Å². The summed E-state index contributed by atoms with van der Waals surface area (Å²) in [7, 11) is 0. The molecule has 0 N–H and O–H groups in total. The fraction of sp³-hybridized carbons (Fsp3) is 0.273. The summed E-state index contributed by atoms with van der Waals surface area (Å²) in [4.78, 5) is 7.01. The molecule has 0 aromatic heterocycles. The highest BCUT2D eigenvalue weighted by Gasteiger charge is 2.36. The minimum absolute atomic E-state index is 0.109. The van der Waals surface area contributed by atoms with Crippen LogP contribution in [0.25, 0.3) is 31.9 Å². The van der Waals surface area contributed by atoms with Gasteiger partial charge in [0.1, 0.15) is 0 Å². The van der Waals surface area contributed by atoms with Crippen molar-refractivity contribution in [2.45, 2.75) is 37.5 Å². The molecule has 3 aliphatic carbocycles. The lowest BCUT2D eigenvalue weighted by molar-refractivity contribution is 0.356. The van der Waals surface area contributed by atoms with E-state index in [4.69, 9.17) is 13.1 Å². The standard InChI is InChI=1S/C22H14N4/c1-25-17(11-23)21-15-5-3-4-6-16(15)22(18(12-24)26-2)20-14-9-7-13(8-10-14)19(20)21/h3-6,13-14H,7-10H2. The maximum Gasteiger partial charge on any atom is 0.269 e. The first-order valence-electron chi connectivity index (χ1n) is 8.63. The lowest BCUT2D eigenvalue weighted by atomic mass is 9.65. The van der Waals surface area contributed by atoms with E-state index in [1.165, 1.54) is 0 Å². The summed E-state index contributed by atoms with van der Waals surface area (Å²) in [5.74, 6) is 0.591. The molecule has 2 bridgehead atoms. The Morgan fingerprint density at radius 2 is 1.19 bits per heavy atom. The van der Waals surface area contributed by atoms with E-state index >= 15 is 0 Å². The minimum atomic E-state index is 0.109. The van der Waals surface area contributed by atoms with Gasteiger partial charge in [-0.15, -0.1) is 0 Å². The van der Waals surface area contributed by atoms with Crippen molar-refractivity contribution in [2.75, 3.05) is 0 Å². The fourth-order valence-electron chi connectivity index (χ4n) is 4.78. The van der Waals surface area contributed by atoms with Crippen LogP contribution in [0, 0.1) is 35.8 Å². The molecule has 4 nitrogen and oxygen atoms in total. The molecule has 2 aromatic rings. The molecule has 122 valence electrons. The van der Waals surface area contributed by atoms with Crippen LogP contribution in [-0.2, 0) is 0 Å². The topological polar surface area (TPSA) is 56.3 Å². The van der Waals surface area contributed by atoms with Gasteiger partial charge in [0, 0.05) is 10.4 Å². The van der Waals surface area contributed by atoms with E-state index in [0.29, 0.717) is 11.8 Å². The zero-order chi connectivity index (χ0) is 18.3. The maximum absolute atomic E-state index is 9.57. The molecule has 3 aliphatic rings. The molecule has 0 unspecified atom stereocenters. The molecule has 0 spiro atoms. The van der Waals surface area contributed by atoms with Crippen molar-refractivity contribution >= 4 is 22.2 Å². The van der Waals surface area contributed by atoms with Gasteiger partial charge in [0.25, 0.3) is 11.4 Å². The molecule has 5 rings (SSSR count). The Balaban J connectivity index is 2.45. The Labute approximate surface area is 151 Å². The van der Waals surface area contributed by atoms with Crippen LogP contribution in [0.2, 0.25) is 0 Å². The van der Waals surface area contributed by atoms with Crippen LogP contribution in [0.15, 0.2) is 24.3 Å². The summed E-state index contributed by atoms with van der Waals surface area (Å²) in [5.41, 5.74) is 2.31. The second-order valence-corrected chi connectivity index (χ2v) is 6.82. The van der Waals surface area contributed by atoms with Crippen molar-refractivity contribution in [2.24, 2.45) is 0 Å². The zero-order valence-corrected chi connectivity index (χ0v) is 14.1. The van der Waals surface area contributed by atoms with E-state index in [1.54, 1.807) is 0 Å². The molecule has 0 heterocycles. The molecule has 0 radical (unpaired) electrons. The first kappa shape index (κ1) is 15.9. The van der Waals surface area contributed by atoms with E-state index < -0.39 is 0 Å². The van der Waals surface area contributed by atoms with Crippen molar-refractivity contribution in [3.05, 3.63) is 68.7 Å².